The Balaban J connectivity index is 0. The molecule has 0 aromatic rings. The summed E-state index contributed by atoms with van der Waals surface area (Å²) in [5.41, 5.74) is 0. The van der Waals surface area contributed by atoms with Crippen LogP contribution in [0.4, 0.5) is 0 Å². The van der Waals surface area contributed by atoms with Crippen LogP contribution < -0.4 is 24.0 Å². The van der Waals surface area contributed by atoms with Crippen LogP contribution in [-0.2, 0) is 0 Å². The molecule has 0 nitrogen and oxygen atoms in total. The highest BCUT2D eigenvalue weighted by Gasteiger charge is 2.32. The summed E-state index contributed by atoms with van der Waals surface area (Å²) in [5.74, 6) is 0. The van der Waals surface area contributed by atoms with Gasteiger partial charge in [-0.05, 0) is 25.7 Å². The van der Waals surface area contributed by atoms with Crippen molar-refractivity contribution in [2.45, 2.75) is 53.4 Å². The van der Waals surface area contributed by atoms with E-state index in [2.05, 4.69) is 27.7 Å². The largest absolute Gasteiger partial charge is 1.00 e. The van der Waals surface area contributed by atoms with Crippen LogP contribution in [0.15, 0.2) is 0 Å². The summed E-state index contributed by atoms with van der Waals surface area (Å²) < 4.78 is 0. The second kappa shape index (κ2) is 10.7. The first-order chi connectivity index (χ1) is 6.24. The predicted octanol–water partition coefficient (Wildman–Crippen LogP) is 1.65. The van der Waals surface area contributed by atoms with Crippen molar-refractivity contribution >= 4 is 7.26 Å². The lowest BCUT2D eigenvalue weighted by Crippen LogP contribution is -3.00. The summed E-state index contributed by atoms with van der Waals surface area (Å²) in [5, 5.41) is 0. The van der Waals surface area contributed by atoms with Crippen LogP contribution in [0.5, 0.6) is 0 Å². The van der Waals surface area contributed by atoms with Crippen molar-refractivity contribution in [2.24, 2.45) is 0 Å². The van der Waals surface area contributed by atoms with Gasteiger partial charge in [0.2, 0.25) is 0 Å². The zero-order valence-electron chi connectivity index (χ0n) is 10.5. The Morgan fingerprint density at radius 1 is 0.571 bits per heavy atom. The highest BCUT2D eigenvalue weighted by Crippen LogP contribution is 2.60. The lowest BCUT2D eigenvalue weighted by atomic mass is 10.5. The SMILES string of the molecule is CCC[P+](CCC)(CCC)CCC.[I-]. The van der Waals surface area contributed by atoms with Gasteiger partial charge in [0.1, 0.15) is 0 Å². The predicted molar refractivity (Wildman–Crippen MR) is 67.6 cm³/mol. The molecule has 88 valence electrons. The van der Waals surface area contributed by atoms with Crippen molar-refractivity contribution in [3.8, 4) is 0 Å². The van der Waals surface area contributed by atoms with E-state index < -0.39 is 7.26 Å². The molecule has 0 spiro atoms. The molecule has 0 atom stereocenters. The molecule has 0 N–H and O–H groups in total. The molecule has 14 heavy (non-hydrogen) atoms. The van der Waals surface area contributed by atoms with Crippen molar-refractivity contribution in [1.29, 1.82) is 0 Å². The van der Waals surface area contributed by atoms with Gasteiger partial charge < -0.3 is 24.0 Å². The average molecular weight is 330 g/mol. The van der Waals surface area contributed by atoms with Crippen molar-refractivity contribution in [3.63, 3.8) is 0 Å². The molecule has 0 bridgehead atoms. The van der Waals surface area contributed by atoms with E-state index in [9.17, 15) is 0 Å². The smallest absolute Gasteiger partial charge is 0.0591 e. The molecule has 0 fully saturated rings. The summed E-state index contributed by atoms with van der Waals surface area (Å²) in [7, 11) is -0.496. The van der Waals surface area contributed by atoms with Crippen LogP contribution >= 0.6 is 7.26 Å². The minimum atomic E-state index is -0.496. The first-order valence-electron chi connectivity index (χ1n) is 6.09. The van der Waals surface area contributed by atoms with Crippen LogP contribution in [-0.4, -0.2) is 24.6 Å². The maximum absolute atomic E-state index is 2.36. The van der Waals surface area contributed by atoms with E-state index in [0.717, 1.165) is 0 Å². The summed E-state index contributed by atoms with van der Waals surface area (Å²) in [4.78, 5) is 0. The van der Waals surface area contributed by atoms with Gasteiger partial charge in [-0.1, -0.05) is 27.7 Å². The molecule has 0 heterocycles. The molecule has 0 aromatic carbocycles. The number of rotatable bonds is 8. The summed E-state index contributed by atoms with van der Waals surface area (Å²) in [6.45, 7) is 9.43. The molecule has 0 aliphatic rings. The maximum atomic E-state index is 2.36. The molecule has 0 aliphatic carbocycles. The summed E-state index contributed by atoms with van der Waals surface area (Å²) in [6.07, 6.45) is 11.9. The molecule has 2 heteroatoms. The third-order valence-corrected chi connectivity index (χ3v) is 8.38. The van der Waals surface area contributed by atoms with E-state index in [0.29, 0.717) is 0 Å². The quantitative estimate of drug-likeness (QED) is 0.469. The van der Waals surface area contributed by atoms with Crippen LogP contribution in [0.2, 0.25) is 0 Å². The minimum absolute atomic E-state index is 0. The van der Waals surface area contributed by atoms with E-state index in [-0.39, 0.29) is 24.0 Å². The molecule has 0 saturated carbocycles. The van der Waals surface area contributed by atoms with Crippen molar-refractivity contribution in [2.75, 3.05) is 24.6 Å². The van der Waals surface area contributed by atoms with Gasteiger partial charge in [-0.15, -0.1) is 0 Å². The number of halogens is 1. The normalized spacial score (nSPS) is 11.1. The molecule has 0 radical (unpaired) electrons. The average Bonchev–Trinajstić information content (AvgIpc) is 2.06. The molecular weight excluding hydrogens is 302 g/mol. The molecule has 0 amide bonds. The lowest BCUT2D eigenvalue weighted by molar-refractivity contribution is -0.00000318. The highest BCUT2D eigenvalue weighted by atomic mass is 127. The fourth-order valence-corrected chi connectivity index (χ4v) is 7.70. The molecule has 0 aliphatic heterocycles. The molecule has 0 unspecified atom stereocenters. The molecule has 0 rings (SSSR count). The van der Waals surface area contributed by atoms with E-state index in [1.165, 1.54) is 25.7 Å². The fourth-order valence-electron chi connectivity index (χ4n) is 2.57. The summed E-state index contributed by atoms with van der Waals surface area (Å²) >= 11 is 0. The highest BCUT2D eigenvalue weighted by molar-refractivity contribution is 7.75. The van der Waals surface area contributed by atoms with Gasteiger partial charge in [0, 0.05) is 7.26 Å². The Bertz CT molecular complexity index is 85.4. The van der Waals surface area contributed by atoms with Gasteiger partial charge in [0.05, 0.1) is 24.6 Å². The van der Waals surface area contributed by atoms with Crippen molar-refractivity contribution in [1.82, 2.24) is 0 Å². The van der Waals surface area contributed by atoms with Crippen molar-refractivity contribution in [3.05, 3.63) is 0 Å². The third-order valence-electron chi connectivity index (χ3n) is 2.79. The monoisotopic (exact) mass is 330 g/mol. The van der Waals surface area contributed by atoms with E-state index in [1.807, 2.05) is 0 Å². The van der Waals surface area contributed by atoms with Gasteiger partial charge in [-0.3, -0.25) is 0 Å². The molecule has 0 saturated heterocycles. The Hall–Kier alpha value is 1.16. The Kier molecular flexibility index (Phi) is 13.4. The Labute approximate surface area is 109 Å². The van der Waals surface area contributed by atoms with Gasteiger partial charge in [-0.25, -0.2) is 0 Å². The lowest BCUT2D eigenvalue weighted by Gasteiger charge is -2.26. The summed E-state index contributed by atoms with van der Waals surface area (Å²) in [6, 6.07) is 0. The van der Waals surface area contributed by atoms with Gasteiger partial charge in [-0.2, -0.15) is 0 Å². The zero-order chi connectivity index (χ0) is 10.2. The minimum Gasteiger partial charge on any atom is -1.00 e. The molecular formula is C12H28IP. The van der Waals surface area contributed by atoms with E-state index >= 15 is 0 Å². The third kappa shape index (κ3) is 6.61. The van der Waals surface area contributed by atoms with Crippen LogP contribution in [0.1, 0.15) is 53.4 Å². The molecule has 0 aromatic heterocycles. The van der Waals surface area contributed by atoms with Gasteiger partial charge >= 0.3 is 0 Å². The van der Waals surface area contributed by atoms with Crippen LogP contribution in [0.3, 0.4) is 0 Å². The second-order valence-electron chi connectivity index (χ2n) is 4.24. The van der Waals surface area contributed by atoms with E-state index in [1.54, 1.807) is 24.6 Å². The topological polar surface area (TPSA) is 0 Å². The first kappa shape index (κ1) is 17.6. The number of hydrogen-bond acceptors (Lipinski definition) is 0. The Morgan fingerprint density at radius 2 is 0.786 bits per heavy atom. The van der Waals surface area contributed by atoms with Crippen LogP contribution in [0, 0.1) is 0 Å². The second-order valence-corrected chi connectivity index (χ2v) is 8.71. The van der Waals surface area contributed by atoms with Gasteiger partial charge in [0.15, 0.2) is 0 Å². The van der Waals surface area contributed by atoms with Crippen LogP contribution in [0.25, 0.3) is 0 Å². The Morgan fingerprint density at radius 3 is 0.929 bits per heavy atom. The maximum Gasteiger partial charge on any atom is 0.0591 e. The first-order valence-corrected chi connectivity index (χ1v) is 8.62. The van der Waals surface area contributed by atoms with Crippen molar-refractivity contribution < 1.29 is 24.0 Å². The fraction of sp³-hybridized carbons (Fsp3) is 1.00. The standard InChI is InChI=1S/C12H28P.HI/c1-5-9-13(10-6-2,11-7-3)12-8-4;/h5-12H2,1-4H3;1H/q+1;/p-1. The van der Waals surface area contributed by atoms with Gasteiger partial charge in [0.25, 0.3) is 0 Å². The zero-order valence-corrected chi connectivity index (χ0v) is 13.5. The van der Waals surface area contributed by atoms with E-state index in [4.69, 9.17) is 0 Å². The number of hydrogen-bond donors (Lipinski definition) is 0.